The number of nitrogens with zero attached hydrogens (tertiary/aromatic N) is 5. The van der Waals surface area contributed by atoms with Gasteiger partial charge in [0.2, 0.25) is 5.91 Å². The van der Waals surface area contributed by atoms with Gasteiger partial charge in [0, 0.05) is 29.6 Å². The van der Waals surface area contributed by atoms with Crippen molar-refractivity contribution in [1.29, 1.82) is 5.26 Å². The SMILES string of the molecule is COc1ccc(F)cc1[C@H](Cn1c(=O)n(CC(=O)NC2CCC2)c(=O)c2c(C)c(-n3cccn3)sc21)OCCC#N. The lowest BCUT2D eigenvalue weighted by Gasteiger charge is -2.26. The predicted octanol–water partition coefficient (Wildman–Crippen LogP) is 3.21. The summed E-state index contributed by atoms with van der Waals surface area (Å²) < 4.78 is 29.7. The van der Waals surface area contributed by atoms with Crippen LogP contribution in [0.25, 0.3) is 15.2 Å². The lowest BCUT2D eigenvalue weighted by Crippen LogP contribution is -2.47. The number of aryl methyl sites for hydroxylation is 1. The molecule has 0 saturated heterocycles. The molecular weight excluding hydrogens is 551 g/mol. The minimum atomic E-state index is -0.916. The summed E-state index contributed by atoms with van der Waals surface area (Å²) in [6, 6.07) is 7.76. The average molecular weight is 581 g/mol. The van der Waals surface area contributed by atoms with Gasteiger partial charge in [-0.25, -0.2) is 13.9 Å². The fraction of sp³-hybridized carbons (Fsp3) is 0.393. The number of thiophene rings is 1. The van der Waals surface area contributed by atoms with E-state index in [1.165, 1.54) is 41.2 Å². The molecule has 0 spiro atoms. The number of ether oxygens (including phenoxy) is 2. The van der Waals surface area contributed by atoms with Crippen LogP contribution in [-0.2, 0) is 22.6 Å². The summed E-state index contributed by atoms with van der Waals surface area (Å²) in [6.07, 6.45) is 5.23. The zero-order valence-corrected chi connectivity index (χ0v) is 23.4. The first-order valence-electron chi connectivity index (χ1n) is 13.2. The zero-order chi connectivity index (χ0) is 29.1. The van der Waals surface area contributed by atoms with Crippen LogP contribution in [0, 0.1) is 24.1 Å². The number of benzene rings is 1. The van der Waals surface area contributed by atoms with Gasteiger partial charge in [0.25, 0.3) is 5.56 Å². The van der Waals surface area contributed by atoms with E-state index in [1.54, 1.807) is 30.1 Å². The molecule has 0 radical (unpaired) electrons. The molecule has 41 heavy (non-hydrogen) atoms. The summed E-state index contributed by atoms with van der Waals surface area (Å²) >= 11 is 1.20. The van der Waals surface area contributed by atoms with E-state index in [-0.39, 0.29) is 31.0 Å². The van der Waals surface area contributed by atoms with Gasteiger partial charge in [0.15, 0.2) is 0 Å². The molecule has 3 aromatic heterocycles. The van der Waals surface area contributed by atoms with E-state index in [0.717, 1.165) is 23.8 Å². The van der Waals surface area contributed by atoms with Crippen LogP contribution in [0.15, 0.2) is 46.2 Å². The molecular formula is C28H29FN6O5S. The summed E-state index contributed by atoms with van der Waals surface area (Å²) in [4.78, 5) is 40.9. The van der Waals surface area contributed by atoms with Crippen molar-refractivity contribution in [1.82, 2.24) is 24.2 Å². The quantitative estimate of drug-likeness (QED) is 0.269. The highest BCUT2D eigenvalue weighted by Crippen LogP contribution is 2.34. The maximum atomic E-state index is 14.4. The minimum Gasteiger partial charge on any atom is -0.496 e. The van der Waals surface area contributed by atoms with Gasteiger partial charge < -0.3 is 14.8 Å². The van der Waals surface area contributed by atoms with Crippen molar-refractivity contribution in [2.24, 2.45) is 0 Å². The van der Waals surface area contributed by atoms with Crippen LogP contribution in [-0.4, -0.2) is 44.6 Å². The Morgan fingerprint density at radius 2 is 2.12 bits per heavy atom. The number of halogens is 1. The molecule has 0 bridgehead atoms. The molecule has 1 aromatic carbocycles. The molecule has 0 unspecified atom stereocenters. The third-order valence-corrected chi connectivity index (χ3v) is 8.48. The maximum Gasteiger partial charge on any atom is 0.332 e. The highest BCUT2D eigenvalue weighted by molar-refractivity contribution is 7.21. The molecule has 1 aliphatic carbocycles. The number of aromatic nitrogens is 4. The Hall–Kier alpha value is -4.28. The lowest BCUT2D eigenvalue weighted by molar-refractivity contribution is -0.123. The number of amides is 1. The van der Waals surface area contributed by atoms with Crippen LogP contribution in [0.1, 0.15) is 42.9 Å². The smallest absolute Gasteiger partial charge is 0.332 e. The molecule has 1 saturated carbocycles. The fourth-order valence-corrected chi connectivity index (χ4v) is 6.12. The number of rotatable bonds is 11. The molecule has 1 atom stereocenters. The molecule has 3 heterocycles. The Morgan fingerprint density at radius 3 is 2.78 bits per heavy atom. The molecule has 5 rings (SSSR count). The predicted molar refractivity (Wildman–Crippen MR) is 150 cm³/mol. The van der Waals surface area contributed by atoms with Crippen LogP contribution >= 0.6 is 11.3 Å². The number of nitrogens with one attached hydrogen (secondary N) is 1. The second-order valence-corrected chi connectivity index (χ2v) is 10.8. The van der Waals surface area contributed by atoms with Gasteiger partial charge in [-0.05, 0) is 50.5 Å². The van der Waals surface area contributed by atoms with Gasteiger partial charge in [-0.2, -0.15) is 10.4 Å². The van der Waals surface area contributed by atoms with Gasteiger partial charge in [0.05, 0.1) is 38.1 Å². The lowest BCUT2D eigenvalue weighted by atomic mass is 9.93. The first kappa shape index (κ1) is 28.3. The Balaban J connectivity index is 1.67. The largest absolute Gasteiger partial charge is 0.496 e. The zero-order valence-electron chi connectivity index (χ0n) is 22.6. The Kier molecular flexibility index (Phi) is 8.32. The van der Waals surface area contributed by atoms with Crippen LogP contribution in [0.4, 0.5) is 4.39 Å². The van der Waals surface area contributed by atoms with Gasteiger partial charge >= 0.3 is 5.69 Å². The molecule has 4 aromatic rings. The molecule has 1 N–H and O–H groups in total. The van der Waals surface area contributed by atoms with Gasteiger partial charge in [0.1, 0.15) is 34.0 Å². The number of hydrogen-bond acceptors (Lipinski definition) is 8. The Morgan fingerprint density at radius 1 is 1.32 bits per heavy atom. The first-order valence-corrected chi connectivity index (χ1v) is 14.0. The van der Waals surface area contributed by atoms with E-state index in [4.69, 9.17) is 14.7 Å². The number of hydrogen-bond donors (Lipinski definition) is 1. The van der Waals surface area contributed by atoms with Crippen molar-refractivity contribution >= 4 is 27.5 Å². The minimum absolute atomic E-state index is 0.0180. The van der Waals surface area contributed by atoms with Crippen LogP contribution in [0.3, 0.4) is 0 Å². The van der Waals surface area contributed by atoms with E-state index >= 15 is 0 Å². The summed E-state index contributed by atoms with van der Waals surface area (Å²) in [7, 11) is 1.44. The fourth-order valence-electron chi connectivity index (χ4n) is 4.87. The molecule has 0 aliphatic heterocycles. The highest BCUT2D eigenvalue weighted by atomic mass is 32.1. The van der Waals surface area contributed by atoms with E-state index in [9.17, 15) is 18.8 Å². The van der Waals surface area contributed by atoms with Crippen molar-refractivity contribution in [3.63, 3.8) is 0 Å². The second-order valence-electron chi connectivity index (χ2n) is 9.80. The van der Waals surface area contributed by atoms with E-state index in [2.05, 4.69) is 10.4 Å². The van der Waals surface area contributed by atoms with Crippen molar-refractivity contribution < 1.29 is 18.7 Å². The summed E-state index contributed by atoms with van der Waals surface area (Å²) in [5, 5.41) is 17.2. The van der Waals surface area contributed by atoms with Crippen molar-refractivity contribution in [2.45, 2.75) is 57.8 Å². The van der Waals surface area contributed by atoms with Crippen molar-refractivity contribution in [3.8, 4) is 16.8 Å². The summed E-state index contributed by atoms with van der Waals surface area (Å²) in [6.45, 7) is 1.20. The van der Waals surface area contributed by atoms with Crippen LogP contribution in [0.2, 0.25) is 0 Å². The van der Waals surface area contributed by atoms with Crippen LogP contribution in [0.5, 0.6) is 5.75 Å². The van der Waals surface area contributed by atoms with Crippen molar-refractivity contribution in [2.75, 3.05) is 13.7 Å². The number of fused-ring (bicyclic) bond motifs is 1. The molecule has 214 valence electrons. The molecule has 1 fully saturated rings. The topological polar surface area (TPSA) is 133 Å². The average Bonchev–Trinajstić information content (AvgIpc) is 3.58. The molecule has 13 heteroatoms. The number of nitriles is 1. The Bertz CT molecular complexity index is 1730. The maximum absolute atomic E-state index is 14.4. The van der Waals surface area contributed by atoms with Gasteiger partial charge in [-0.1, -0.05) is 11.3 Å². The third-order valence-electron chi connectivity index (χ3n) is 7.17. The second kappa shape index (κ2) is 12.1. The summed E-state index contributed by atoms with van der Waals surface area (Å²) in [5.41, 5.74) is -0.344. The van der Waals surface area contributed by atoms with E-state index in [1.807, 2.05) is 6.07 Å². The molecule has 1 aliphatic rings. The number of methoxy groups -OCH3 is 1. The Labute approximate surface area is 238 Å². The van der Waals surface area contributed by atoms with Gasteiger partial charge in [-0.15, -0.1) is 0 Å². The van der Waals surface area contributed by atoms with Gasteiger partial charge in [-0.3, -0.25) is 18.7 Å². The van der Waals surface area contributed by atoms with E-state index in [0.29, 0.717) is 26.7 Å². The number of carbonyl (C=O) groups excluding carboxylic acids is 1. The molecule has 1 amide bonds. The number of carbonyl (C=O) groups is 1. The normalized spacial score (nSPS) is 14.0. The molecule has 11 nitrogen and oxygen atoms in total. The van der Waals surface area contributed by atoms with Crippen LogP contribution < -0.4 is 21.3 Å². The third kappa shape index (κ3) is 5.66. The van der Waals surface area contributed by atoms with Crippen molar-refractivity contribution in [3.05, 3.63) is 74.4 Å². The summed E-state index contributed by atoms with van der Waals surface area (Å²) in [5.74, 6) is -0.614. The van der Waals surface area contributed by atoms with E-state index < -0.39 is 35.6 Å². The monoisotopic (exact) mass is 580 g/mol. The highest BCUT2D eigenvalue weighted by Gasteiger charge is 2.27. The first-order chi connectivity index (χ1) is 19.8. The standard InChI is InChI=1S/C28H29FN6O5S/c1-17-24-25(37)33(16-23(36)32-19-6-3-7-19)28(38)34(27(24)41-26(17)35-12-5-11-31-35)15-22(40-13-4-10-30)20-14-18(29)8-9-21(20)39-2/h5,8-9,11-12,14,19,22H,3-4,6-7,13,15-16H2,1-2H3,(H,32,36)/t22-/m0/s1.